The third-order valence-corrected chi connectivity index (χ3v) is 3.14. The molecule has 0 unspecified atom stereocenters. The summed E-state index contributed by atoms with van der Waals surface area (Å²) in [5.41, 5.74) is -0.229. The summed E-state index contributed by atoms with van der Waals surface area (Å²) in [4.78, 5) is 25.5. The highest BCUT2D eigenvalue weighted by Crippen LogP contribution is 2.09. The number of amides is 2. The molecule has 0 bridgehead atoms. The van der Waals surface area contributed by atoms with Gasteiger partial charge in [0, 0.05) is 32.1 Å². The second-order valence-electron chi connectivity index (χ2n) is 5.01. The molecule has 0 aromatic heterocycles. The monoisotopic (exact) mass is 312 g/mol. The molecular weight excluding hydrogens is 290 g/mol. The maximum atomic E-state index is 13.4. The number of hydrogen-bond donors (Lipinski definition) is 1. The molecule has 0 aliphatic rings. The summed E-state index contributed by atoms with van der Waals surface area (Å²) in [6.07, 6.45) is 1.91. The van der Waals surface area contributed by atoms with Gasteiger partial charge < -0.3 is 10.2 Å². The average Bonchev–Trinajstić information content (AvgIpc) is 2.46. The van der Waals surface area contributed by atoms with Crippen LogP contribution in [0.5, 0.6) is 0 Å². The summed E-state index contributed by atoms with van der Waals surface area (Å²) in [6.45, 7) is 5.49. The van der Waals surface area contributed by atoms with Gasteiger partial charge in [0.2, 0.25) is 5.91 Å². The third kappa shape index (κ3) is 5.42. The van der Waals surface area contributed by atoms with E-state index in [0.717, 1.165) is 25.0 Å². The van der Waals surface area contributed by atoms with E-state index in [1.165, 1.54) is 0 Å². The Balaban J connectivity index is 2.48. The second kappa shape index (κ2) is 9.12. The second-order valence-corrected chi connectivity index (χ2v) is 5.01. The molecule has 1 aromatic rings. The molecule has 0 fully saturated rings. The summed E-state index contributed by atoms with van der Waals surface area (Å²) >= 11 is 0. The normalized spacial score (nSPS) is 10.4. The van der Waals surface area contributed by atoms with E-state index in [4.69, 9.17) is 0 Å². The zero-order chi connectivity index (χ0) is 16.5. The summed E-state index contributed by atoms with van der Waals surface area (Å²) in [5, 5.41) is 2.48. The molecule has 4 nitrogen and oxygen atoms in total. The average molecular weight is 312 g/mol. The molecule has 0 aliphatic heterocycles. The van der Waals surface area contributed by atoms with Gasteiger partial charge in [-0.3, -0.25) is 9.59 Å². The van der Waals surface area contributed by atoms with E-state index in [2.05, 4.69) is 5.32 Å². The molecule has 6 heteroatoms. The fourth-order valence-corrected chi connectivity index (χ4v) is 2.11. The number of halogens is 2. The lowest BCUT2D eigenvalue weighted by molar-refractivity contribution is -0.131. The SMILES string of the molecule is CCCN(CCC)C(=O)CCNC(=O)c1ccc(F)cc1F. The van der Waals surface area contributed by atoms with Crippen molar-refractivity contribution in [2.75, 3.05) is 19.6 Å². The number of carbonyl (C=O) groups is 2. The maximum Gasteiger partial charge on any atom is 0.254 e. The molecule has 1 aromatic carbocycles. The Hall–Kier alpha value is -1.98. The minimum Gasteiger partial charge on any atom is -0.351 e. The predicted molar refractivity (Wildman–Crippen MR) is 80.5 cm³/mol. The Kier molecular flexibility index (Phi) is 7.49. The molecule has 0 atom stereocenters. The Morgan fingerprint density at radius 3 is 2.32 bits per heavy atom. The van der Waals surface area contributed by atoms with Crippen LogP contribution in [0.2, 0.25) is 0 Å². The van der Waals surface area contributed by atoms with E-state index in [9.17, 15) is 18.4 Å². The van der Waals surface area contributed by atoms with E-state index in [1.54, 1.807) is 4.90 Å². The number of hydrogen-bond acceptors (Lipinski definition) is 2. The van der Waals surface area contributed by atoms with Crippen LogP contribution in [-0.4, -0.2) is 36.3 Å². The van der Waals surface area contributed by atoms with Crippen molar-refractivity contribution >= 4 is 11.8 Å². The highest BCUT2D eigenvalue weighted by molar-refractivity contribution is 5.94. The summed E-state index contributed by atoms with van der Waals surface area (Å²) in [7, 11) is 0. The standard InChI is InChI=1S/C16H22F2N2O2/c1-3-9-20(10-4-2)15(21)7-8-19-16(22)13-6-5-12(17)11-14(13)18/h5-6,11H,3-4,7-10H2,1-2H3,(H,19,22). The zero-order valence-electron chi connectivity index (χ0n) is 13.0. The van der Waals surface area contributed by atoms with E-state index in [-0.39, 0.29) is 24.4 Å². The first-order valence-corrected chi connectivity index (χ1v) is 7.50. The first-order valence-electron chi connectivity index (χ1n) is 7.50. The summed E-state index contributed by atoms with van der Waals surface area (Å²) in [5.74, 6) is -2.34. The Morgan fingerprint density at radius 1 is 1.14 bits per heavy atom. The highest BCUT2D eigenvalue weighted by atomic mass is 19.1. The Bertz CT molecular complexity index is 515. The smallest absolute Gasteiger partial charge is 0.254 e. The van der Waals surface area contributed by atoms with Crippen molar-refractivity contribution in [1.29, 1.82) is 0 Å². The largest absolute Gasteiger partial charge is 0.351 e. The minimum atomic E-state index is -0.914. The van der Waals surface area contributed by atoms with Gasteiger partial charge in [-0.05, 0) is 25.0 Å². The number of nitrogens with one attached hydrogen (secondary N) is 1. The van der Waals surface area contributed by atoms with E-state index in [0.29, 0.717) is 19.2 Å². The topological polar surface area (TPSA) is 49.4 Å². The molecule has 0 heterocycles. The highest BCUT2D eigenvalue weighted by Gasteiger charge is 2.14. The summed E-state index contributed by atoms with van der Waals surface area (Å²) in [6, 6.07) is 2.76. The van der Waals surface area contributed by atoms with Crippen LogP contribution in [0.4, 0.5) is 8.78 Å². The Morgan fingerprint density at radius 2 is 1.77 bits per heavy atom. The van der Waals surface area contributed by atoms with Gasteiger partial charge in [-0.15, -0.1) is 0 Å². The van der Waals surface area contributed by atoms with Gasteiger partial charge in [0.1, 0.15) is 11.6 Å². The van der Waals surface area contributed by atoms with Gasteiger partial charge >= 0.3 is 0 Å². The Labute approximate surface area is 129 Å². The molecule has 122 valence electrons. The molecule has 1 N–H and O–H groups in total. The van der Waals surface area contributed by atoms with Crippen molar-refractivity contribution in [3.8, 4) is 0 Å². The number of rotatable bonds is 8. The minimum absolute atomic E-state index is 0.0384. The van der Waals surface area contributed by atoms with E-state index in [1.807, 2.05) is 13.8 Å². The third-order valence-electron chi connectivity index (χ3n) is 3.14. The number of nitrogens with zero attached hydrogens (tertiary/aromatic N) is 1. The van der Waals surface area contributed by atoms with Crippen molar-refractivity contribution < 1.29 is 18.4 Å². The van der Waals surface area contributed by atoms with Gasteiger partial charge in [0.15, 0.2) is 0 Å². The first kappa shape index (κ1) is 18.1. The van der Waals surface area contributed by atoms with Crippen LogP contribution < -0.4 is 5.32 Å². The van der Waals surface area contributed by atoms with Crippen LogP contribution in [-0.2, 0) is 4.79 Å². The van der Waals surface area contributed by atoms with Gasteiger partial charge in [0.05, 0.1) is 5.56 Å². The van der Waals surface area contributed by atoms with Crippen LogP contribution in [0.25, 0.3) is 0 Å². The van der Waals surface area contributed by atoms with Crippen molar-refractivity contribution in [1.82, 2.24) is 10.2 Å². The zero-order valence-corrected chi connectivity index (χ0v) is 13.0. The van der Waals surface area contributed by atoms with E-state index < -0.39 is 17.5 Å². The number of benzene rings is 1. The molecule has 0 spiro atoms. The van der Waals surface area contributed by atoms with Crippen molar-refractivity contribution in [2.45, 2.75) is 33.1 Å². The van der Waals surface area contributed by atoms with Crippen LogP contribution >= 0.6 is 0 Å². The van der Waals surface area contributed by atoms with Gasteiger partial charge in [0.25, 0.3) is 5.91 Å². The van der Waals surface area contributed by atoms with Gasteiger partial charge in [-0.2, -0.15) is 0 Å². The predicted octanol–water partition coefficient (Wildman–Crippen LogP) is 2.73. The molecule has 0 radical (unpaired) electrons. The van der Waals surface area contributed by atoms with Crippen molar-refractivity contribution in [2.24, 2.45) is 0 Å². The molecule has 0 saturated carbocycles. The van der Waals surface area contributed by atoms with Crippen LogP contribution in [0.15, 0.2) is 18.2 Å². The quantitative estimate of drug-likeness (QED) is 0.802. The van der Waals surface area contributed by atoms with Crippen molar-refractivity contribution in [3.05, 3.63) is 35.4 Å². The molecule has 0 aliphatic carbocycles. The molecule has 1 rings (SSSR count). The lowest BCUT2D eigenvalue weighted by atomic mass is 10.2. The van der Waals surface area contributed by atoms with Crippen LogP contribution in [0.3, 0.4) is 0 Å². The molecular formula is C16H22F2N2O2. The number of carbonyl (C=O) groups excluding carboxylic acids is 2. The van der Waals surface area contributed by atoms with E-state index >= 15 is 0 Å². The summed E-state index contributed by atoms with van der Waals surface area (Å²) < 4.78 is 26.2. The van der Waals surface area contributed by atoms with Crippen LogP contribution in [0.1, 0.15) is 43.5 Å². The fraction of sp³-hybridized carbons (Fsp3) is 0.500. The van der Waals surface area contributed by atoms with Gasteiger partial charge in [-0.1, -0.05) is 13.8 Å². The van der Waals surface area contributed by atoms with Crippen LogP contribution in [0, 0.1) is 11.6 Å². The maximum absolute atomic E-state index is 13.4. The first-order chi connectivity index (χ1) is 10.5. The molecule has 0 saturated heterocycles. The lowest BCUT2D eigenvalue weighted by Crippen LogP contribution is -2.35. The lowest BCUT2D eigenvalue weighted by Gasteiger charge is -2.21. The molecule has 2 amide bonds. The van der Waals surface area contributed by atoms with Gasteiger partial charge in [-0.25, -0.2) is 8.78 Å². The fourth-order valence-electron chi connectivity index (χ4n) is 2.11. The molecule has 22 heavy (non-hydrogen) atoms. The van der Waals surface area contributed by atoms with Crippen molar-refractivity contribution in [3.63, 3.8) is 0 Å².